The van der Waals surface area contributed by atoms with E-state index in [1.54, 1.807) is 4.83 Å². The van der Waals surface area contributed by atoms with Crippen LogP contribution in [-0.2, 0) is 16.2 Å². The van der Waals surface area contributed by atoms with Crippen LogP contribution in [0.5, 0.6) is 0 Å². The highest BCUT2D eigenvalue weighted by molar-refractivity contribution is 7.91. The van der Waals surface area contributed by atoms with Crippen LogP contribution in [0.2, 0.25) is 0 Å². The molecule has 0 fully saturated rings. The highest BCUT2D eigenvalue weighted by atomic mass is 32.2. The number of sulfonamides is 1. The van der Waals surface area contributed by atoms with Crippen molar-refractivity contribution in [3.63, 3.8) is 0 Å². The van der Waals surface area contributed by atoms with Crippen molar-refractivity contribution in [2.24, 2.45) is 0 Å². The number of nitrogens with zero attached hydrogens (tertiary/aromatic N) is 2. The molecule has 0 atom stereocenters. The number of aromatic nitrogens is 3. The minimum absolute atomic E-state index is 0.0972. The molecule has 0 aliphatic heterocycles. The quantitative estimate of drug-likeness (QED) is 0.687. The zero-order chi connectivity index (χ0) is 20.0. The second-order valence-corrected chi connectivity index (χ2v) is 7.34. The number of aromatic amines is 1. The third-order valence-electron chi connectivity index (χ3n) is 3.57. The molecule has 12 heteroatoms. The molecule has 0 aliphatic rings. The summed E-state index contributed by atoms with van der Waals surface area (Å²) in [6.45, 7) is 0. The third kappa shape index (κ3) is 3.69. The SMILES string of the molecule is CS(=O)(=O)Nn1c(=O)[nH]c2cc(C(F)(F)F)c(-c3cccnc3)cc2c1=O. The van der Waals surface area contributed by atoms with Gasteiger partial charge < -0.3 is 4.98 Å². The van der Waals surface area contributed by atoms with E-state index in [4.69, 9.17) is 0 Å². The summed E-state index contributed by atoms with van der Waals surface area (Å²) < 4.78 is 63.3. The topological polar surface area (TPSA) is 114 Å². The van der Waals surface area contributed by atoms with Gasteiger partial charge in [-0.05, 0) is 23.8 Å². The fraction of sp³-hybridized carbons (Fsp3) is 0.133. The fourth-order valence-electron chi connectivity index (χ4n) is 2.51. The van der Waals surface area contributed by atoms with E-state index in [0.717, 1.165) is 12.3 Å². The molecule has 1 aromatic carbocycles. The summed E-state index contributed by atoms with van der Waals surface area (Å²) in [7, 11) is -3.98. The van der Waals surface area contributed by atoms with Crippen LogP contribution in [0.3, 0.4) is 0 Å². The number of H-pyrrole nitrogens is 1. The van der Waals surface area contributed by atoms with Crippen molar-refractivity contribution in [2.45, 2.75) is 6.18 Å². The number of halogens is 3. The van der Waals surface area contributed by atoms with Crippen LogP contribution in [-0.4, -0.2) is 29.3 Å². The summed E-state index contributed by atoms with van der Waals surface area (Å²) in [5, 5.41) is -0.308. The van der Waals surface area contributed by atoms with Crippen LogP contribution in [0.1, 0.15) is 5.56 Å². The number of hydrogen-bond donors (Lipinski definition) is 2. The number of benzene rings is 1. The molecule has 3 rings (SSSR count). The molecule has 0 bridgehead atoms. The second kappa shape index (κ2) is 6.23. The number of pyridine rings is 1. The van der Waals surface area contributed by atoms with Gasteiger partial charge in [0.1, 0.15) is 0 Å². The minimum Gasteiger partial charge on any atom is -0.305 e. The van der Waals surface area contributed by atoms with Crippen molar-refractivity contribution >= 4 is 20.9 Å². The Labute approximate surface area is 149 Å². The Morgan fingerprint density at radius 2 is 1.93 bits per heavy atom. The molecule has 2 heterocycles. The van der Waals surface area contributed by atoms with Gasteiger partial charge in [-0.25, -0.2) is 18.0 Å². The molecule has 0 unspecified atom stereocenters. The highest BCUT2D eigenvalue weighted by Gasteiger charge is 2.34. The smallest absolute Gasteiger partial charge is 0.305 e. The van der Waals surface area contributed by atoms with Crippen molar-refractivity contribution in [3.05, 3.63) is 63.1 Å². The lowest BCUT2D eigenvalue weighted by molar-refractivity contribution is -0.137. The van der Waals surface area contributed by atoms with Crippen LogP contribution in [0.15, 0.2) is 46.2 Å². The normalized spacial score (nSPS) is 12.3. The first-order valence-corrected chi connectivity index (χ1v) is 9.15. The summed E-state index contributed by atoms with van der Waals surface area (Å²) in [6, 6.07) is 4.37. The van der Waals surface area contributed by atoms with E-state index in [1.165, 1.54) is 24.5 Å². The molecule has 0 radical (unpaired) electrons. The Morgan fingerprint density at radius 1 is 1.22 bits per heavy atom. The zero-order valence-electron chi connectivity index (χ0n) is 13.5. The molecular weight excluding hydrogens is 389 g/mol. The van der Waals surface area contributed by atoms with Gasteiger partial charge in [-0.2, -0.15) is 17.8 Å². The van der Waals surface area contributed by atoms with E-state index in [0.29, 0.717) is 6.07 Å². The molecule has 0 amide bonds. The fourth-order valence-corrected chi connectivity index (χ4v) is 3.01. The summed E-state index contributed by atoms with van der Waals surface area (Å²) in [6.07, 6.45) is -1.49. The summed E-state index contributed by atoms with van der Waals surface area (Å²) >= 11 is 0. The molecule has 0 saturated heterocycles. The van der Waals surface area contributed by atoms with E-state index in [-0.39, 0.29) is 26.7 Å². The summed E-state index contributed by atoms with van der Waals surface area (Å²) in [4.78, 5) is 32.0. The third-order valence-corrected chi connectivity index (χ3v) is 4.09. The van der Waals surface area contributed by atoms with Crippen LogP contribution in [0.4, 0.5) is 13.2 Å². The number of fused-ring (bicyclic) bond motifs is 1. The average molecular weight is 400 g/mol. The first kappa shape index (κ1) is 18.6. The van der Waals surface area contributed by atoms with Gasteiger partial charge in [0, 0.05) is 18.0 Å². The molecule has 0 saturated carbocycles. The Balaban J connectivity index is 2.41. The molecule has 27 heavy (non-hydrogen) atoms. The monoisotopic (exact) mass is 400 g/mol. The lowest BCUT2D eigenvalue weighted by Crippen LogP contribution is -2.43. The molecule has 2 aromatic heterocycles. The minimum atomic E-state index is -4.77. The predicted molar refractivity (Wildman–Crippen MR) is 91.3 cm³/mol. The highest BCUT2D eigenvalue weighted by Crippen LogP contribution is 2.38. The second-order valence-electron chi connectivity index (χ2n) is 5.62. The van der Waals surface area contributed by atoms with E-state index in [9.17, 15) is 31.2 Å². The molecule has 142 valence electrons. The number of rotatable bonds is 3. The molecule has 2 N–H and O–H groups in total. The van der Waals surface area contributed by atoms with E-state index in [1.807, 2.05) is 0 Å². The lowest BCUT2D eigenvalue weighted by atomic mass is 9.98. The van der Waals surface area contributed by atoms with Crippen molar-refractivity contribution in [1.82, 2.24) is 14.6 Å². The Kier molecular flexibility index (Phi) is 4.30. The van der Waals surface area contributed by atoms with Gasteiger partial charge in [-0.3, -0.25) is 9.78 Å². The maximum absolute atomic E-state index is 13.5. The number of hydrogen-bond acceptors (Lipinski definition) is 5. The van der Waals surface area contributed by atoms with Crippen LogP contribution >= 0.6 is 0 Å². The summed E-state index contributed by atoms with van der Waals surface area (Å²) in [5.41, 5.74) is -4.03. The van der Waals surface area contributed by atoms with Gasteiger partial charge in [-0.1, -0.05) is 6.07 Å². The van der Waals surface area contributed by atoms with Gasteiger partial charge in [-0.15, -0.1) is 0 Å². The maximum atomic E-state index is 13.5. The molecular formula is C15H11F3N4O4S. The first-order chi connectivity index (χ1) is 12.5. The van der Waals surface area contributed by atoms with E-state index >= 15 is 0 Å². The standard InChI is InChI=1S/C15H11F3N4O4S/c1-27(25,26)21-22-13(23)10-5-9(8-3-2-4-19-7-8)11(15(16,17)18)6-12(10)20-14(22)24/h2-7,21H,1H3,(H,20,24). The molecule has 0 spiro atoms. The van der Waals surface area contributed by atoms with Crippen LogP contribution < -0.4 is 16.1 Å². The lowest BCUT2D eigenvalue weighted by Gasteiger charge is -2.15. The number of alkyl halides is 3. The van der Waals surface area contributed by atoms with Crippen molar-refractivity contribution in [1.29, 1.82) is 0 Å². The Morgan fingerprint density at radius 3 is 2.48 bits per heavy atom. The van der Waals surface area contributed by atoms with Gasteiger partial charge >= 0.3 is 11.9 Å². The number of nitrogens with one attached hydrogen (secondary N) is 2. The Hall–Kier alpha value is -3.15. The largest absolute Gasteiger partial charge is 0.417 e. The predicted octanol–water partition coefficient (Wildman–Crippen LogP) is 1.27. The molecule has 0 aliphatic carbocycles. The van der Waals surface area contributed by atoms with Crippen molar-refractivity contribution in [3.8, 4) is 11.1 Å². The van der Waals surface area contributed by atoms with Gasteiger partial charge in [0.25, 0.3) is 5.56 Å². The average Bonchev–Trinajstić information content (AvgIpc) is 2.57. The van der Waals surface area contributed by atoms with E-state index < -0.39 is 33.0 Å². The van der Waals surface area contributed by atoms with Crippen LogP contribution in [0.25, 0.3) is 22.0 Å². The van der Waals surface area contributed by atoms with E-state index in [2.05, 4.69) is 9.97 Å². The van der Waals surface area contributed by atoms with Crippen molar-refractivity contribution < 1.29 is 21.6 Å². The van der Waals surface area contributed by atoms with Gasteiger partial charge in [0.2, 0.25) is 10.0 Å². The van der Waals surface area contributed by atoms with Gasteiger partial charge in [0.15, 0.2) is 0 Å². The molecule has 3 aromatic rings. The maximum Gasteiger partial charge on any atom is 0.417 e. The van der Waals surface area contributed by atoms with Gasteiger partial charge in [0.05, 0.1) is 22.7 Å². The van der Waals surface area contributed by atoms with Crippen LogP contribution in [0, 0.1) is 0 Å². The first-order valence-electron chi connectivity index (χ1n) is 7.26. The van der Waals surface area contributed by atoms with Crippen molar-refractivity contribution in [2.75, 3.05) is 11.1 Å². The molecule has 8 nitrogen and oxygen atoms in total. The zero-order valence-corrected chi connectivity index (χ0v) is 14.4. The Bertz CT molecular complexity index is 1250. The summed E-state index contributed by atoms with van der Waals surface area (Å²) in [5.74, 6) is 0.